The van der Waals surface area contributed by atoms with Gasteiger partial charge in [-0.2, -0.15) is 0 Å². The van der Waals surface area contributed by atoms with Crippen LogP contribution in [-0.2, 0) is 11.3 Å². The largest absolute Gasteiger partial charge is 0.491 e. The molecule has 23 heavy (non-hydrogen) atoms. The molecule has 2 aromatic carbocycles. The van der Waals surface area contributed by atoms with E-state index in [-0.39, 0.29) is 5.91 Å². The second-order valence-electron chi connectivity index (χ2n) is 5.50. The summed E-state index contributed by atoms with van der Waals surface area (Å²) >= 11 is 0. The van der Waals surface area contributed by atoms with Gasteiger partial charge in [-0.3, -0.25) is 4.79 Å². The van der Waals surface area contributed by atoms with E-state index in [1.54, 1.807) is 19.2 Å². The molecule has 2 rings (SSSR count). The number of aryl methyl sites for hydroxylation is 2. The first-order valence-electron chi connectivity index (χ1n) is 7.66. The zero-order valence-corrected chi connectivity index (χ0v) is 13.9. The van der Waals surface area contributed by atoms with Crippen molar-refractivity contribution in [1.82, 2.24) is 5.32 Å². The minimum absolute atomic E-state index is 0.0989. The Bertz CT molecular complexity index is 650. The lowest BCUT2D eigenvalue weighted by atomic mass is 10.1. The molecular weight excluding hydrogens is 290 g/mol. The van der Waals surface area contributed by atoms with Gasteiger partial charge in [0, 0.05) is 12.7 Å². The predicted molar refractivity (Wildman–Crippen MR) is 90.9 cm³/mol. The molecule has 0 unspecified atom stereocenters. The minimum atomic E-state index is -0.0989. The molecular formula is C19H23NO3. The molecule has 0 spiro atoms. The van der Waals surface area contributed by atoms with Gasteiger partial charge in [0.25, 0.3) is 5.91 Å². The summed E-state index contributed by atoms with van der Waals surface area (Å²) in [6, 6.07) is 13.4. The Kier molecular flexibility index (Phi) is 6.18. The van der Waals surface area contributed by atoms with Crippen molar-refractivity contribution in [3.63, 3.8) is 0 Å². The minimum Gasteiger partial charge on any atom is -0.491 e. The molecule has 1 amide bonds. The van der Waals surface area contributed by atoms with Crippen LogP contribution in [-0.4, -0.2) is 26.2 Å². The van der Waals surface area contributed by atoms with Crippen molar-refractivity contribution < 1.29 is 14.3 Å². The van der Waals surface area contributed by atoms with Crippen LogP contribution in [0.5, 0.6) is 5.75 Å². The number of carbonyl (C=O) groups is 1. The molecule has 0 heterocycles. The zero-order chi connectivity index (χ0) is 16.7. The average Bonchev–Trinajstić information content (AvgIpc) is 2.54. The highest BCUT2D eigenvalue weighted by Gasteiger charge is 2.05. The van der Waals surface area contributed by atoms with Crippen molar-refractivity contribution in [2.45, 2.75) is 20.5 Å². The highest BCUT2D eigenvalue weighted by atomic mass is 16.5. The van der Waals surface area contributed by atoms with Crippen molar-refractivity contribution in [1.29, 1.82) is 0 Å². The molecule has 0 aliphatic heterocycles. The number of rotatable bonds is 7. The molecule has 4 nitrogen and oxygen atoms in total. The molecule has 0 radical (unpaired) electrons. The molecule has 1 N–H and O–H groups in total. The fraction of sp³-hybridized carbons (Fsp3) is 0.316. The smallest absolute Gasteiger partial charge is 0.251 e. The van der Waals surface area contributed by atoms with Crippen LogP contribution in [0.1, 0.15) is 27.0 Å². The molecule has 0 bridgehead atoms. The maximum atomic E-state index is 12.0. The number of hydrogen-bond acceptors (Lipinski definition) is 3. The first kappa shape index (κ1) is 17.0. The van der Waals surface area contributed by atoms with Crippen LogP contribution < -0.4 is 10.1 Å². The van der Waals surface area contributed by atoms with Crippen LogP contribution in [0.3, 0.4) is 0 Å². The Labute approximate surface area is 137 Å². The lowest BCUT2D eigenvalue weighted by Gasteiger charge is -2.10. The summed E-state index contributed by atoms with van der Waals surface area (Å²) < 4.78 is 10.7. The number of nitrogens with one attached hydrogen (secondary N) is 1. The molecule has 122 valence electrons. The van der Waals surface area contributed by atoms with Gasteiger partial charge in [-0.15, -0.1) is 0 Å². The van der Waals surface area contributed by atoms with Crippen LogP contribution in [0.15, 0.2) is 42.5 Å². The van der Waals surface area contributed by atoms with Crippen LogP contribution in [0.25, 0.3) is 0 Å². The Morgan fingerprint density at radius 1 is 1.09 bits per heavy atom. The monoisotopic (exact) mass is 313 g/mol. The second kappa shape index (κ2) is 8.34. The first-order chi connectivity index (χ1) is 11.1. The Morgan fingerprint density at radius 2 is 1.83 bits per heavy atom. The molecule has 0 atom stereocenters. The van der Waals surface area contributed by atoms with E-state index in [0.29, 0.717) is 25.3 Å². The van der Waals surface area contributed by atoms with Gasteiger partial charge in [0.15, 0.2) is 0 Å². The van der Waals surface area contributed by atoms with E-state index in [0.717, 1.165) is 16.9 Å². The van der Waals surface area contributed by atoms with Crippen LogP contribution in [0, 0.1) is 13.8 Å². The Balaban J connectivity index is 1.78. The first-order valence-corrected chi connectivity index (χ1v) is 7.66. The SMILES string of the molecule is COCc1ccc(C(=O)NCCOc2ccc(C)cc2C)cc1. The highest BCUT2D eigenvalue weighted by molar-refractivity contribution is 5.94. The predicted octanol–water partition coefficient (Wildman–Crippen LogP) is 3.26. The van der Waals surface area contributed by atoms with Crippen molar-refractivity contribution in [3.05, 3.63) is 64.7 Å². The van der Waals surface area contributed by atoms with E-state index < -0.39 is 0 Å². The van der Waals surface area contributed by atoms with Gasteiger partial charge >= 0.3 is 0 Å². The van der Waals surface area contributed by atoms with Gasteiger partial charge in [-0.1, -0.05) is 29.8 Å². The molecule has 0 saturated carbocycles. The van der Waals surface area contributed by atoms with Gasteiger partial charge in [-0.05, 0) is 43.2 Å². The Hall–Kier alpha value is -2.33. The van der Waals surface area contributed by atoms with E-state index in [2.05, 4.69) is 18.3 Å². The van der Waals surface area contributed by atoms with Crippen molar-refractivity contribution >= 4 is 5.91 Å². The summed E-state index contributed by atoms with van der Waals surface area (Å²) in [5, 5.41) is 2.86. The lowest BCUT2D eigenvalue weighted by molar-refractivity contribution is 0.0947. The van der Waals surface area contributed by atoms with Crippen molar-refractivity contribution in [2.24, 2.45) is 0 Å². The molecule has 0 aromatic heterocycles. The fourth-order valence-electron chi connectivity index (χ4n) is 2.31. The molecule has 0 saturated heterocycles. The summed E-state index contributed by atoms with van der Waals surface area (Å²) in [4.78, 5) is 12.0. The van der Waals surface area contributed by atoms with E-state index in [9.17, 15) is 4.79 Å². The van der Waals surface area contributed by atoms with E-state index in [1.165, 1.54) is 5.56 Å². The summed E-state index contributed by atoms with van der Waals surface area (Å²) in [6.07, 6.45) is 0. The van der Waals surface area contributed by atoms with E-state index in [4.69, 9.17) is 9.47 Å². The highest BCUT2D eigenvalue weighted by Crippen LogP contribution is 2.18. The number of amides is 1. The Morgan fingerprint density at radius 3 is 2.48 bits per heavy atom. The fourth-order valence-corrected chi connectivity index (χ4v) is 2.31. The van der Waals surface area contributed by atoms with Gasteiger partial charge in [0.2, 0.25) is 0 Å². The van der Waals surface area contributed by atoms with Gasteiger partial charge < -0.3 is 14.8 Å². The summed E-state index contributed by atoms with van der Waals surface area (Å²) in [5.74, 6) is 0.756. The van der Waals surface area contributed by atoms with Crippen LogP contribution >= 0.6 is 0 Å². The maximum Gasteiger partial charge on any atom is 0.251 e. The lowest BCUT2D eigenvalue weighted by Crippen LogP contribution is -2.28. The van der Waals surface area contributed by atoms with Crippen molar-refractivity contribution in [2.75, 3.05) is 20.3 Å². The molecule has 0 aliphatic rings. The molecule has 0 aliphatic carbocycles. The molecule has 4 heteroatoms. The maximum absolute atomic E-state index is 12.0. The molecule has 2 aromatic rings. The number of methoxy groups -OCH3 is 1. The number of benzene rings is 2. The van der Waals surface area contributed by atoms with Crippen LogP contribution in [0.2, 0.25) is 0 Å². The third kappa shape index (κ3) is 5.11. The van der Waals surface area contributed by atoms with E-state index in [1.807, 2.05) is 31.2 Å². The summed E-state index contributed by atoms with van der Waals surface area (Å²) in [5.41, 5.74) is 3.99. The number of carbonyl (C=O) groups excluding carboxylic acids is 1. The molecule has 0 fully saturated rings. The number of hydrogen-bond donors (Lipinski definition) is 1. The number of ether oxygens (including phenoxy) is 2. The average molecular weight is 313 g/mol. The van der Waals surface area contributed by atoms with E-state index >= 15 is 0 Å². The summed E-state index contributed by atoms with van der Waals surface area (Å²) in [7, 11) is 1.65. The quantitative estimate of drug-likeness (QED) is 0.798. The third-order valence-corrected chi connectivity index (χ3v) is 3.50. The summed E-state index contributed by atoms with van der Waals surface area (Å²) in [6.45, 7) is 5.52. The normalized spacial score (nSPS) is 10.4. The van der Waals surface area contributed by atoms with Gasteiger partial charge in [0.1, 0.15) is 12.4 Å². The zero-order valence-electron chi connectivity index (χ0n) is 13.9. The van der Waals surface area contributed by atoms with Gasteiger partial charge in [0.05, 0.1) is 13.2 Å². The third-order valence-electron chi connectivity index (χ3n) is 3.50. The standard InChI is InChI=1S/C19H23NO3/c1-14-4-9-18(15(2)12-14)23-11-10-20-19(21)17-7-5-16(6-8-17)13-22-3/h4-9,12H,10-11,13H2,1-3H3,(H,20,21). The van der Waals surface area contributed by atoms with Crippen LogP contribution in [0.4, 0.5) is 0 Å². The van der Waals surface area contributed by atoms with Crippen molar-refractivity contribution in [3.8, 4) is 5.75 Å². The second-order valence-corrected chi connectivity index (χ2v) is 5.50. The van der Waals surface area contributed by atoms with Gasteiger partial charge in [-0.25, -0.2) is 0 Å². The topological polar surface area (TPSA) is 47.6 Å².